The van der Waals surface area contributed by atoms with E-state index in [0.717, 1.165) is 22.3 Å². The lowest BCUT2D eigenvalue weighted by Gasteiger charge is -2.26. The van der Waals surface area contributed by atoms with Crippen LogP contribution in [0.2, 0.25) is 0 Å². The molecule has 1 aromatic carbocycles. The molecule has 1 aliphatic rings. The van der Waals surface area contributed by atoms with Crippen LogP contribution in [0.1, 0.15) is 32.8 Å². The Balaban J connectivity index is 2.15. The first-order valence-electron chi connectivity index (χ1n) is 6.59. The third-order valence-corrected chi connectivity index (χ3v) is 4.69. The van der Waals surface area contributed by atoms with Gasteiger partial charge in [-0.3, -0.25) is 4.79 Å². The van der Waals surface area contributed by atoms with E-state index in [9.17, 15) is 4.79 Å². The molecular formula is C15H21BrN2O. The summed E-state index contributed by atoms with van der Waals surface area (Å²) < 4.78 is 0.972. The highest BCUT2D eigenvalue weighted by Crippen LogP contribution is 2.35. The highest BCUT2D eigenvalue weighted by Gasteiger charge is 2.36. The van der Waals surface area contributed by atoms with Crippen LogP contribution in [0.4, 0.5) is 5.69 Å². The maximum Gasteiger partial charge on any atom is 0.223 e. The van der Waals surface area contributed by atoms with Gasteiger partial charge in [-0.2, -0.15) is 0 Å². The van der Waals surface area contributed by atoms with Gasteiger partial charge in [0.05, 0.1) is 0 Å². The van der Waals surface area contributed by atoms with Crippen molar-refractivity contribution in [3.63, 3.8) is 0 Å². The number of carbonyl (C=O) groups is 1. The molecule has 1 unspecified atom stereocenters. The number of nitrogens with zero attached hydrogens (tertiary/aromatic N) is 1. The lowest BCUT2D eigenvalue weighted by Crippen LogP contribution is -2.27. The molecule has 0 spiro atoms. The molecule has 1 saturated heterocycles. The summed E-state index contributed by atoms with van der Waals surface area (Å²) in [5.41, 5.74) is 7.91. The van der Waals surface area contributed by atoms with Gasteiger partial charge in [0.1, 0.15) is 0 Å². The third-order valence-electron chi connectivity index (χ3n) is 3.94. The number of anilines is 1. The third kappa shape index (κ3) is 3.11. The van der Waals surface area contributed by atoms with Crippen LogP contribution in [0.25, 0.3) is 0 Å². The van der Waals surface area contributed by atoms with Crippen molar-refractivity contribution in [3.05, 3.63) is 28.2 Å². The highest BCUT2D eigenvalue weighted by atomic mass is 79.9. The fraction of sp³-hybridized carbons (Fsp3) is 0.533. The second kappa shape index (κ2) is 5.16. The van der Waals surface area contributed by atoms with Gasteiger partial charge in [-0.1, -0.05) is 42.8 Å². The van der Waals surface area contributed by atoms with Crippen molar-refractivity contribution >= 4 is 27.5 Å². The Hall–Kier alpha value is -1.03. The Labute approximate surface area is 123 Å². The van der Waals surface area contributed by atoms with Gasteiger partial charge in [0, 0.05) is 35.2 Å². The number of hydrogen-bond donors (Lipinski definition) is 1. The highest BCUT2D eigenvalue weighted by molar-refractivity contribution is 9.10. The molecule has 0 aliphatic carbocycles. The molecular weight excluding hydrogens is 304 g/mol. The van der Waals surface area contributed by atoms with Crippen molar-refractivity contribution in [2.24, 2.45) is 11.3 Å². The molecule has 1 heterocycles. The minimum atomic E-state index is 0.171. The van der Waals surface area contributed by atoms with Crippen LogP contribution in [0.3, 0.4) is 0 Å². The fourth-order valence-electron chi connectivity index (χ4n) is 2.44. The number of nitrogen functional groups attached to an aromatic ring is 1. The predicted octanol–water partition coefficient (Wildman–Crippen LogP) is 3.43. The van der Waals surface area contributed by atoms with Crippen LogP contribution in [0.5, 0.6) is 0 Å². The zero-order chi connectivity index (χ0) is 14.2. The lowest BCUT2D eigenvalue weighted by molar-refractivity contribution is -0.128. The van der Waals surface area contributed by atoms with Gasteiger partial charge >= 0.3 is 0 Å². The molecule has 1 atom stereocenters. The summed E-state index contributed by atoms with van der Waals surface area (Å²) in [5, 5.41) is 0. The number of carbonyl (C=O) groups excluding carboxylic acids is 1. The molecule has 1 aromatic rings. The number of hydrogen-bond acceptors (Lipinski definition) is 2. The molecule has 3 nitrogen and oxygen atoms in total. The Morgan fingerprint density at radius 1 is 1.42 bits per heavy atom. The van der Waals surface area contributed by atoms with Crippen LogP contribution in [0, 0.1) is 11.3 Å². The van der Waals surface area contributed by atoms with E-state index in [0.29, 0.717) is 18.9 Å². The SMILES string of the molecule is CC(C)(C)C1CC(=O)N(Cc2c(N)cccc2Br)C1. The first kappa shape index (κ1) is 14.4. The van der Waals surface area contributed by atoms with Crippen molar-refractivity contribution in [1.29, 1.82) is 0 Å². The largest absolute Gasteiger partial charge is 0.398 e. The van der Waals surface area contributed by atoms with E-state index in [2.05, 4.69) is 36.7 Å². The average molecular weight is 325 g/mol. The molecule has 1 amide bonds. The van der Waals surface area contributed by atoms with Crippen molar-refractivity contribution < 1.29 is 4.79 Å². The van der Waals surface area contributed by atoms with Crippen LogP contribution in [-0.4, -0.2) is 17.4 Å². The first-order valence-corrected chi connectivity index (χ1v) is 7.39. The van der Waals surface area contributed by atoms with E-state index >= 15 is 0 Å². The molecule has 1 aliphatic heterocycles. The smallest absolute Gasteiger partial charge is 0.223 e. The van der Waals surface area contributed by atoms with E-state index in [1.54, 1.807) is 0 Å². The van der Waals surface area contributed by atoms with Gasteiger partial charge in [-0.05, 0) is 23.5 Å². The van der Waals surface area contributed by atoms with E-state index in [1.165, 1.54) is 0 Å². The Morgan fingerprint density at radius 2 is 2.11 bits per heavy atom. The quantitative estimate of drug-likeness (QED) is 0.847. The normalized spacial score (nSPS) is 20.1. The first-order chi connectivity index (χ1) is 8.79. The summed E-state index contributed by atoms with van der Waals surface area (Å²) in [6.45, 7) is 8.01. The van der Waals surface area contributed by atoms with Crippen LogP contribution < -0.4 is 5.73 Å². The summed E-state index contributed by atoms with van der Waals surface area (Å²) in [7, 11) is 0. The summed E-state index contributed by atoms with van der Waals surface area (Å²) in [4.78, 5) is 14.1. The molecule has 19 heavy (non-hydrogen) atoms. The molecule has 2 rings (SSSR count). The number of halogens is 1. The van der Waals surface area contributed by atoms with Gasteiger partial charge in [0.2, 0.25) is 5.91 Å². The summed E-state index contributed by atoms with van der Waals surface area (Å²) in [6, 6.07) is 5.75. The van der Waals surface area contributed by atoms with Crippen molar-refractivity contribution in [2.45, 2.75) is 33.7 Å². The maximum atomic E-state index is 12.1. The standard InChI is InChI=1S/C15H21BrN2O/c1-15(2,3)10-7-14(19)18(8-10)9-11-12(16)5-4-6-13(11)17/h4-6,10H,7-9,17H2,1-3H3. The monoisotopic (exact) mass is 324 g/mol. The molecule has 0 saturated carbocycles. The van der Waals surface area contributed by atoms with Gasteiger partial charge in [-0.15, -0.1) is 0 Å². The van der Waals surface area contributed by atoms with Crippen LogP contribution in [0.15, 0.2) is 22.7 Å². The van der Waals surface area contributed by atoms with Crippen molar-refractivity contribution in [1.82, 2.24) is 4.90 Å². The predicted molar refractivity (Wildman–Crippen MR) is 81.5 cm³/mol. The molecule has 4 heteroatoms. The van der Waals surface area contributed by atoms with Crippen molar-refractivity contribution in [3.8, 4) is 0 Å². The summed E-state index contributed by atoms with van der Waals surface area (Å²) in [6.07, 6.45) is 0.647. The van der Waals surface area contributed by atoms with Crippen LogP contribution in [-0.2, 0) is 11.3 Å². The van der Waals surface area contributed by atoms with E-state index in [1.807, 2.05) is 23.1 Å². The molecule has 0 radical (unpaired) electrons. The zero-order valence-corrected chi connectivity index (χ0v) is 13.3. The van der Waals surface area contributed by atoms with Gasteiger partial charge < -0.3 is 10.6 Å². The number of likely N-dealkylation sites (tertiary alicyclic amines) is 1. The molecule has 2 N–H and O–H groups in total. The number of amides is 1. The minimum Gasteiger partial charge on any atom is -0.398 e. The lowest BCUT2D eigenvalue weighted by atomic mass is 9.80. The van der Waals surface area contributed by atoms with E-state index < -0.39 is 0 Å². The van der Waals surface area contributed by atoms with E-state index in [4.69, 9.17) is 5.73 Å². The fourth-order valence-corrected chi connectivity index (χ4v) is 2.94. The summed E-state index contributed by atoms with van der Waals surface area (Å²) >= 11 is 3.51. The maximum absolute atomic E-state index is 12.1. The molecule has 1 fully saturated rings. The minimum absolute atomic E-state index is 0.171. The zero-order valence-electron chi connectivity index (χ0n) is 11.7. The number of nitrogens with two attached hydrogens (primary N) is 1. The average Bonchev–Trinajstić information content (AvgIpc) is 2.65. The molecule has 0 aromatic heterocycles. The number of benzene rings is 1. The topological polar surface area (TPSA) is 46.3 Å². The summed E-state index contributed by atoms with van der Waals surface area (Å²) in [5.74, 6) is 0.652. The Kier molecular flexibility index (Phi) is 3.90. The Morgan fingerprint density at radius 3 is 2.63 bits per heavy atom. The molecule has 0 bridgehead atoms. The van der Waals surface area contributed by atoms with E-state index in [-0.39, 0.29) is 11.3 Å². The van der Waals surface area contributed by atoms with Crippen LogP contribution >= 0.6 is 15.9 Å². The molecule has 104 valence electrons. The second-order valence-electron chi connectivity index (χ2n) is 6.35. The Bertz CT molecular complexity index is 473. The van der Waals surface area contributed by atoms with Crippen molar-refractivity contribution in [2.75, 3.05) is 12.3 Å². The van der Waals surface area contributed by atoms with Gasteiger partial charge in [-0.25, -0.2) is 0 Å². The van der Waals surface area contributed by atoms with Gasteiger partial charge in [0.15, 0.2) is 0 Å². The second-order valence-corrected chi connectivity index (χ2v) is 7.20. The number of rotatable bonds is 2. The van der Waals surface area contributed by atoms with Gasteiger partial charge in [0.25, 0.3) is 0 Å².